The topological polar surface area (TPSA) is 76.0 Å². The summed E-state index contributed by atoms with van der Waals surface area (Å²) in [5.74, 6) is -0.434. The molecule has 1 unspecified atom stereocenters. The van der Waals surface area contributed by atoms with E-state index in [1.165, 1.54) is 0 Å². The van der Waals surface area contributed by atoms with Crippen molar-refractivity contribution >= 4 is 5.97 Å². The molecule has 0 aliphatic carbocycles. The fourth-order valence-corrected chi connectivity index (χ4v) is 1.44. The summed E-state index contributed by atoms with van der Waals surface area (Å²) in [6, 6.07) is 6.89. The van der Waals surface area contributed by atoms with Crippen LogP contribution in [0.3, 0.4) is 0 Å². The van der Waals surface area contributed by atoms with Crippen LogP contribution < -0.4 is 4.74 Å². The first-order chi connectivity index (χ1) is 8.63. The number of aliphatic hydroxyl groups is 1. The van der Waals surface area contributed by atoms with Crippen molar-refractivity contribution < 1.29 is 24.5 Å². The summed E-state index contributed by atoms with van der Waals surface area (Å²) in [7, 11) is 0. The number of carbonyl (C=O) groups is 1. The van der Waals surface area contributed by atoms with Crippen LogP contribution in [-0.2, 0) is 16.0 Å². The molecule has 100 valence electrons. The quantitative estimate of drug-likeness (QED) is 0.726. The zero-order chi connectivity index (χ0) is 13.4. The fourth-order valence-electron chi connectivity index (χ4n) is 1.44. The Hall–Kier alpha value is -1.59. The molecule has 0 heterocycles. The van der Waals surface area contributed by atoms with Crippen LogP contribution in [0.25, 0.3) is 0 Å². The van der Waals surface area contributed by atoms with Crippen molar-refractivity contribution in [3.05, 3.63) is 29.8 Å². The van der Waals surface area contributed by atoms with E-state index < -0.39 is 12.1 Å². The van der Waals surface area contributed by atoms with Gasteiger partial charge in [-0.05, 0) is 13.0 Å². The van der Waals surface area contributed by atoms with Gasteiger partial charge in [-0.25, -0.2) is 0 Å². The molecular formula is C13H18O5. The number of aliphatic hydroxyl groups excluding tert-OH is 1. The van der Waals surface area contributed by atoms with Crippen LogP contribution in [0.15, 0.2) is 24.3 Å². The Balaban J connectivity index is 2.53. The zero-order valence-corrected chi connectivity index (χ0v) is 10.3. The van der Waals surface area contributed by atoms with Gasteiger partial charge < -0.3 is 19.7 Å². The van der Waals surface area contributed by atoms with Crippen LogP contribution in [0.1, 0.15) is 12.5 Å². The van der Waals surface area contributed by atoms with Crippen molar-refractivity contribution in [2.75, 3.05) is 19.8 Å². The first-order valence-electron chi connectivity index (χ1n) is 5.81. The Kier molecular flexibility index (Phi) is 6.18. The van der Waals surface area contributed by atoms with Crippen LogP contribution in [0, 0.1) is 0 Å². The smallest absolute Gasteiger partial charge is 0.307 e. The van der Waals surface area contributed by atoms with E-state index in [0.29, 0.717) is 17.9 Å². The molecule has 0 saturated heterocycles. The number of para-hydroxylation sites is 1. The van der Waals surface area contributed by atoms with Gasteiger partial charge in [-0.15, -0.1) is 0 Å². The van der Waals surface area contributed by atoms with Crippen molar-refractivity contribution in [2.24, 2.45) is 0 Å². The molecule has 0 spiro atoms. The molecule has 0 aliphatic heterocycles. The lowest BCUT2D eigenvalue weighted by Crippen LogP contribution is -2.23. The van der Waals surface area contributed by atoms with Gasteiger partial charge in [0.2, 0.25) is 0 Å². The van der Waals surface area contributed by atoms with Gasteiger partial charge >= 0.3 is 5.97 Å². The Labute approximate surface area is 106 Å². The molecule has 1 rings (SSSR count). The third-order valence-corrected chi connectivity index (χ3v) is 2.26. The summed E-state index contributed by atoms with van der Waals surface area (Å²) in [5, 5.41) is 18.3. The predicted molar refractivity (Wildman–Crippen MR) is 65.8 cm³/mol. The molecular weight excluding hydrogens is 236 g/mol. The molecule has 5 heteroatoms. The number of carboxylic acid groups (broad SMARTS) is 1. The van der Waals surface area contributed by atoms with Gasteiger partial charge in [0, 0.05) is 12.2 Å². The summed E-state index contributed by atoms with van der Waals surface area (Å²) < 4.78 is 10.5. The number of carboxylic acids is 1. The molecule has 0 amide bonds. The Bertz CT molecular complexity index is 377. The second kappa shape index (κ2) is 7.68. The maximum absolute atomic E-state index is 10.7. The number of benzene rings is 1. The standard InChI is InChI=1S/C13H18O5/c1-2-17-8-11(14)9-18-12-6-4-3-5-10(12)7-13(15)16/h3-6,11,14H,2,7-9H2,1H3,(H,15,16). The highest BCUT2D eigenvalue weighted by atomic mass is 16.5. The number of aliphatic carboxylic acids is 1. The molecule has 1 aromatic rings. The minimum absolute atomic E-state index is 0.0800. The van der Waals surface area contributed by atoms with Crippen molar-refractivity contribution in [1.29, 1.82) is 0 Å². The largest absolute Gasteiger partial charge is 0.490 e. The minimum Gasteiger partial charge on any atom is -0.490 e. The van der Waals surface area contributed by atoms with Crippen molar-refractivity contribution in [3.63, 3.8) is 0 Å². The SMILES string of the molecule is CCOCC(O)COc1ccccc1CC(=O)O. The minimum atomic E-state index is -0.916. The molecule has 0 saturated carbocycles. The molecule has 18 heavy (non-hydrogen) atoms. The van der Waals surface area contributed by atoms with Crippen LogP contribution in [0.4, 0.5) is 0 Å². The Morgan fingerprint density at radius 1 is 1.33 bits per heavy atom. The summed E-state index contributed by atoms with van der Waals surface area (Å²) in [4.78, 5) is 10.7. The highest BCUT2D eigenvalue weighted by Gasteiger charge is 2.10. The van der Waals surface area contributed by atoms with Crippen LogP contribution >= 0.6 is 0 Å². The summed E-state index contributed by atoms with van der Waals surface area (Å²) >= 11 is 0. The summed E-state index contributed by atoms with van der Waals surface area (Å²) in [6.07, 6.45) is -0.819. The first kappa shape index (κ1) is 14.5. The van der Waals surface area contributed by atoms with Crippen LogP contribution in [0.5, 0.6) is 5.75 Å². The number of rotatable bonds is 8. The molecule has 0 aromatic heterocycles. The zero-order valence-electron chi connectivity index (χ0n) is 10.3. The van der Waals surface area contributed by atoms with Gasteiger partial charge in [-0.2, -0.15) is 0 Å². The lowest BCUT2D eigenvalue weighted by Gasteiger charge is -2.14. The van der Waals surface area contributed by atoms with Crippen molar-refractivity contribution in [3.8, 4) is 5.75 Å². The van der Waals surface area contributed by atoms with Crippen LogP contribution in [0.2, 0.25) is 0 Å². The van der Waals surface area contributed by atoms with E-state index in [9.17, 15) is 9.90 Å². The summed E-state index contributed by atoms with van der Waals surface area (Å²) in [5.41, 5.74) is 0.591. The highest BCUT2D eigenvalue weighted by Crippen LogP contribution is 2.18. The Morgan fingerprint density at radius 2 is 2.06 bits per heavy atom. The molecule has 0 radical (unpaired) electrons. The summed E-state index contributed by atoms with van der Waals surface area (Å²) in [6.45, 7) is 2.66. The lowest BCUT2D eigenvalue weighted by molar-refractivity contribution is -0.136. The van der Waals surface area contributed by atoms with E-state index >= 15 is 0 Å². The molecule has 5 nitrogen and oxygen atoms in total. The third-order valence-electron chi connectivity index (χ3n) is 2.26. The first-order valence-corrected chi connectivity index (χ1v) is 5.81. The lowest BCUT2D eigenvalue weighted by atomic mass is 10.1. The number of hydrogen-bond acceptors (Lipinski definition) is 4. The second-order valence-corrected chi connectivity index (χ2v) is 3.80. The van der Waals surface area contributed by atoms with Gasteiger partial charge in [0.1, 0.15) is 18.5 Å². The maximum Gasteiger partial charge on any atom is 0.307 e. The van der Waals surface area contributed by atoms with E-state index in [0.717, 1.165) is 0 Å². The second-order valence-electron chi connectivity index (χ2n) is 3.80. The van der Waals surface area contributed by atoms with Gasteiger partial charge in [-0.1, -0.05) is 18.2 Å². The molecule has 1 aromatic carbocycles. The van der Waals surface area contributed by atoms with E-state index in [4.69, 9.17) is 14.6 Å². The average molecular weight is 254 g/mol. The third kappa shape index (κ3) is 5.16. The number of ether oxygens (including phenoxy) is 2. The predicted octanol–water partition coefficient (Wildman–Crippen LogP) is 1.09. The van der Waals surface area contributed by atoms with Crippen LogP contribution in [-0.4, -0.2) is 42.1 Å². The van der Waals surface area contributed by atoms with Gasteiger partial charge in [0.25, 0.3) is 0 Å². The van der Waals surface area contributed by atoms with Gasteiger partial charge in [0.15, 0.2) is 0 Å². The fraction of sp³-hybridized carbons (Fsp3) is 0.462. The molecule has 0 bridgehead atoms. The highest BCUT2D eigenvalue weighted by molar-refractivity contribution is 5.71. The van der Waals surface area contributed by atoms with E-state index in [1.807, 2.05) is 6.92 Å². The van der Waals surface area contributed by atoms with E-state index in [2.05, 4.69) is 0 Å². The maximum atomic E-state index is 10.7. The molecule has 1 atom stereocenters. The molecule has 0 aliphatic rings. The van der Waals surface area contributed by atoms with Crippen molar-refractivity contribution in [1.82, 2.24) is 0 Å². The van der Waals surface area contributed by atoms with Gasteiger partial charge in [0.05, 0.1) is 13.0 Å². The van der Waals surface area contributed by atoms with Gasteiger partial charge in [-0.3, -0.25) is 4.79 Å². The number of hydrogen-bond donors (Lipinski definition) is 2. The molecule has 2 N–H and O–H groups in total. The molecule has 0 fully saturated rings. The van der Waals surface area contributed by atoms with E-state index in [-0.39, 0.29) is 19.6 Å². The Morgan fingerprint density at radius 3 is 2.72 bits per heavy atom. The normalized spacial score (nSPS) is 12.1. The van der Waals surface area contributed by atoms with Crippen molar-refractivity contribution in [2.45, 2.75) is 19.4 Å². The average Bonchev–Trinajstić information content (AvgIpc) is 2.34. The van der Waals surface area contributed by atoms with E-state index in [1.54, 1.807) is 24.3 Å². The monoisotopic (exact) mass is 254 g/mol.